The molecule has 1 heterocycles. The lowest BCUT2D eigenvalue weighted by Crippen LogP contribution is -2.58. The Morgan fingerprint density at radius 3 is 2.21 bits per heavy atom. The second-order valence-corrected chi connectivity index (χ2v) is 8.82. The van der Waals surface area contributed by atoms with E-state index >= 15 is 0 Å². The number of carbonyl (C=O) groups is 2. The zero-order chi connectivity index (χ0) is 20.3. The topological polar surface area (TPSA) is 61.8 Å². The molecule has 5 fully saturated rings. The largest absolute Gasteiger partial charge is 0.465 e. The Balaban J connectivity index is 1.31. The maximum absolute atomic E-state index is 13.2. The van der Waals surface area contributed by atoms with Crippen molar-refractivity contribution < 1.29 is 41.4 Å². The minimum Gasteiger partial charge on any atom is -0.465 e. The highest BCUT2D eigenvalue weighted by molar-refractivity contribution is 5.83. The van der Waals surface area contributed by atoms with Gasteiger partial charge in [-0.25, -0.2) is 13.6 Å². The molecule has 0 radical (unpaired) electrons. The third-order valence-corrected chi connectivity index (χ3v) is 6.80. The van der Waals surface area contributed by atoms with Gasteiger partial charge in [0.25, 0.3) is 0 Å². The molecule has 158 valence electrons. The molecule has 5 aliphatic rings. The highest BCUT2D eigenvalue weighted by Gasteiger charge is 2.65. The zero-order valence-corrected chi connectivity index (χ0v) is 15.6. The van der Waals surface area contributed by atoms with E-state index in [1.807, 2.05) is 0 Å². The van der Waals surface area contributed by atoms with Crippen LogP contribution in [0.2, 0.25) is 0 Å². The standard InChI is InChI=1S/C19H24F4O5/c1-17(20,21)18(22,23)2-3-26-15(24)9-14-16(25)28-19(27-14)12-5-10-4-11(7-12)8-13(19)6-10/h10-14H,2-9H2,1H3. The highest BCUT2D eigenvalue weighted by Crippen LogP contribution is 2.61. The van der Waals surface area contributed by atoms with Crippen molar-refractivity contribution in [1.29, 1.82) is 0 Å². The molecule has 1 spiro atoms. The summed E-state index contributed by atoms with van der Waals surface area (Å²) in [6.45, 7) is -0.752. The molecule has 0 aromatic heterocycles. The normalized spacial score (nSPS) is 39.5. The van der Waals surface area contributed by atoms with Gasteiger partial charge in [0.15, 0.2) is 6.10 Å². The molecule has 0 amide bonds. The number of hydrogen-bond donors (Lipinski definition) is 0. The average Bonchev–Trinajstić information content (AvgIpc) is 2.88. The average molecular weight is 408 g/mol. The molecule has 5 rings (SSSR count). The lowest BCUT2D eigenvalue weighted by Gasteiger charge is -2.57. The summed E-state index contributed by atoms with van der Waals surface area (Å²) in [6, 6.07) is 0. The Morgan fingerprint density at radius 2 is 1.68 bits per heavy atom. The molecule has 4 bridgehead atoms. The zero-order valence-electron chi connectivity index (χ0n) is 15.6. The van der Waals surface area contributed by atoms with Crippen LogP contribution < -0.4 is 0 Å². The molecule has 0 aromatic carbocycles. The summed E-state index contributed by atoms with van der Waals surface area (Å²) < 4.78 is 68.2. The number of ether oxygens (including phenoxy) is 3. The summed E-state index contributed by atoms with van der Waals surface area (Å²) in [5.41, 5.74) is 0. The van der Waals surface area contributed by atoms with Crippen LogP contribution in [0.5, 0.6) is 0 Å². The number of carbonyl (C=O) groups excluding carboxylic acids is 2. The van der Waals surface area contributed by atoms with Gasteiger partial charge in [-0.15, -0.1) is 0 Å². The summed E-state index contributed by atoms with van der Waals surface area (Å²) >= 11 is 0. The summed E-state index contributed by atoms with van der Waals surface area (Å²) in [7, 11) is 0. The van der Waals surface area contributed by atoms with Crippen LogP contribution in [0.3, 0.4) is 0 Å². The molecule has 0 N–H and O–H groups in total. The third-order valence-electron chi connectivity index (χ3n) is 6.80. The summed E-state index contributed by atoms with van der Waals surface area (Å²) in [5.74, 6) is -9.53. The number of alkyl halides is 4. The molecule has 28 heavy (non-hydrogen) atoms. The summed E-state index contributed by atoms with van der Waals surface area (Å²) in [4.78, 5) is 24.2. The van der Waals surface area contributed by atoms with Gasteiger partial charge in [-0.05, 0) is 43.9 Å². The first kappa shape index (κ1) is 19.9. The second-order valence-electron chi connectivity index (χ2n) is 8.82. The highest BCUT2D eigenvalue weighted by atomic mass is 19.3. The fraction of sp³-hybridized carbons (Fsp3) is 0.895. The van der Waals surface area contributed by atoms with Crippen molar-refractivity contribution in [2.45, 2.75) is 75.6 Å². The summed E-state index contributed by atoms with van der Waals surface area (Å²) in [5, 5.41) is 0. The van der Waals surface area contributed by atoms with Crippen LogP contribution in [0.15, 0.2) is 0 Å². The smallest absolute Gasteiger partial charge is 0.338 e. The first-order valence-electron chi connectivity index (χ1n) is 9.82. The predicted molar refractivity (Wildman–Crippen MR) is 86.5 cm³/mol. The Morgan fingerprint density at radius 1 is 1.11 bits per heavy atom. The van der Waals surface area contributed by atoms with Crippen LogP contribution in [-0.4, -0.2) is 42.3 Å². The van der Waals surface area contributed by atoms with Crippen LogP contribution in [-0.2, 0) is 23.8 Å². The SMILES string of the molecule is CC(F)(F)C(F)(F)CCOC(=O)CC1OC2(OC1=O)C1CC3CC(C1)CC2C3. The maximum atomic E-state index is 13.2. The Kier molecular flexibility index (Phi) is 4.67. The van der Waals surface area contributed by atoms with Crippen molar-refractivity contribution in [2.75, 3.05) is 6.61 Å². The molecular weight excluding hydrogens is 384 g/mol. The number of hydrogen-bond acceptors (Lipinski definition) is 5. The van der Waals surface area contributed by atoms with Gasteiger partial charge in [0.1, 0.15) is 0 Å². The van der Waals surface area contributed by atoms with E-state index in [-0.39, 0.29) is 18.8 Å². The van der Waals surface area contributed by atoms with Gasteiger partial charge in [0.2, 0.25) is 5.79 Å². The van der Waals surface area contributed by atoms with E-state index < -0.39 is 55.1 Å². The van der Waals surface area contributed by atoms with Gasteiger partial charge < -0.3 is 14.2 Å². The van der Waals surface area contributed by atoms with E-state index in [0.717, 1.165) is 25.7 Å². The van der Waals surface area contributed by atoms with Crippen molar-refractivity contribution in [1.82, 2.24) is 0 Å². The Labute approximate surface area is 160 Å². The quantitative estimate of drug-likeness (QED) is 0.496. The van der Waals surface area contributed by atoms with E-state index in [1.54, 1.807) is 0 Å². The Hall–Kier alpha value is -1.38. The monoisotopic (exact) mass is 408 g/mol. The van der Waals surface area contributed by atoms with E-state index in [4.69, 9.17) is 9.47 Å². The molecule has 1 atom stereocenters. The van der Waals surface area contributed by atoms with Gasteiger partial charge in [-0.1, -0.05) is 0 Å². The molecule has 5 nitrogen and oxygen atoms in total. The first-order valence-corrected chi connectivity index (χ1v) is 9.82. The molecule has 0 aromatic rings. The van der Waals surface area contributed by atoms with Crippen molar-refractivity contribution in [3.63, 3.8) is 0 Å². The van der Waals surface area contributed by atoms with Crippen molar-refractivity contribution in [3.05, 3.63) is 0 Å². The molecular formula is C19H24F4O5. The first-order chi connectivity index (χ1) is 13.0. The van der Waals surface area contributed by atoms with Crippen molar-refractivity contribution in [2.24, 2.45) is 23.7 Å². The predicted octanol–water partition coefficient (Wildman–Crippen LogP) is 3.69. The number of rotatable bonds is 6. The molecule has 4 saturated carbocycles. The van der Waals surface area contributed by atoms with E-state index in [2.05, 4.69) is 4.74 Å². The van der Waals surface area contributed by atoms with Gasteiger partial charge in [-0.2, -0.15) is 8.78 Å². The second kappa shape index (κ2) is 6.57. The minimum absolute atomic E-state index is 0.113. The van der Waals surface area contributed by atoms with E-state index in [1.165, 1.54) is 6.42 Å². The molecule has 4 aliphatic carbocycles. The van der Waals surface area contributed by atoms with Gasteiger partial charge in [-0.3, -0.25) is 4.79 Å². The van der Waals surface area contributed by atoms with E-state index in [9.17, 15) is 27.2 Å². The molecule has 9 heteroatoms. The van der Waals surface area contributed by atoms with Crippen LogP contribution in [0.25, 0.3) is 0 Å². The molecule has 1 aliphatic heterocycles. The number of esters is 2. The molecule has 1 unspecified atom stereocenters. The van der Waals surface area contributed by atoms with Crippen molar-refractivity contribution in [3.8, 4) is 0 Å². The van der Waals surface area contributed by atoms with Gasteiger partial charge >= 0.3 is 23.8 Å². The van der Waals surface area contributed by atoms with Crippen molar-refractivity contribution >= 4 is 11.9 Å². The minimum atomic E-state index is -4.28. The summed E-state index contributed by atoms with van der Waals surface area (Å²) in [6.07, 6.45) is 2.08. The number of halogens is 4. The van der Waals surface area contributed by atoms with Gasteiger partial charge in [0, 0.05) is 18.8 Å². The van der Waals surface area contributed by atoms with E-state index in [0.29, 0.717) is 11.8 Å². The van der Waals surface area contributed by atoms with Gasteiger partial charge in [0.05, 0.1) is 19.4 Å². The molecule has 1 saturated heterocycles. The third kappa shape index (κ3) is 3.29. The van der Waals surface area contributed by atoms with Crippen LogP contribution in [0, 0.1) is 23.7 Å². The fourth-order valence-electron chi connectivity index (χ4n) is 5.57. The van der Waals surface area contributed by atoms with Crippen LogP contribution in [0.1, 0.15) is 51.9 Å². The van der Waals surface area contributed by atoms with Crippen LogP contribution >= 0.6 is 0 Å². The maximum Gasteiger partial charge on any atom is 0.338 e. The fourth-order valence-corrected chi connectivity index (χ4v) is 5.57. The van der Waals surface area contributed by atoms with Crippen LogP contribution in [0.4, 0.5) is 17.6 Å². The lowest BCUT2D eigenvalue weighted by atomic mass is 9.53. The lowest BCUT2D eigenvalue weighted by molar-refractivity contribution is -0.290. The Bertz CT molecular complexity index is 631.